The van der Waals surface area contributed by atoms with Crippen molar-refractivity contribution in [1.29, 1.82) is 0 Å². The van der Waals surface area contributed by atoms with Gasteiger partial charge in [-0.15, -0.1) is 0 Å². The third-order valence-electron chi connectivity index (χ3n) is 3.33. The van der Waals surface area contributed by atoms with Crippen LogP contribution >= 0.6 is 27.3 Å². The Morgan fingerprint density at radius 3 is 2.93 bits per heavy atom. The molecule has 3 aromatic rings. The van der Waals surface area contributed by atoms with Gasteiger partial charge in [-0.05, 0) is 0 Å². The molecule has 1 N–H and O–H groups in total. The fourth-order valence-electron chi connectivity index (χ4n) is 2.26. The molecule has 0 aliphatic carbocycles. The van der Waals surface area contributed by atoms with Crippen molar-refractivity contribution in [3.8, 4) is 11.8 Å². The van der Waals surface area contributed by atoms with E-state index in [9.17, 15) is 18.0 Å². The third-order valence-corrected chi connectivity index (χ3v) is 6.68. The summed E-state index contributed by atoms with van der Waals surface area (Å²) in [6.07, 6.45) is 3.06. The molecule has 1 amide bonds. The van der Waals surface area contributed by atoms with Gasteiger partial charge in [-0.2, -0.15) is 0 Å². The summed E-state index contributed by atoms with van der Waals surface area (Å²) >= 11 is 2.87. The molecule has 0 radical (unpaired) electrons. The van der Waals surface area contributed by atoms with Crippen LogP contribution in [0.5, 0.6) is 0 Å². The number of alkyl halides is 3. The number of aromatic nitrogens is 2. The molecule has 27 heavy (non-hydrogen) atoms. The number of fused-ring (bicyclic) bond motifs is 1. The molecule has 3 aromatic heterocycles. The molecule has 0 saturated heterocycles. The molecule has 0 atom stereocenters. The van der Waals surface area contributed by atoms with E-state index in [1.165, 1.54) is 21.9 Å². The van der Waals surface area contributed by atoms with Crippen LogP contribution in [0.25, 0.3) is 5.52 Å². The van der Waals surface area contributed by atoms with Crippen molar-refractivity contribution >= 4 is 58.2 Å². The van der Waals surface area contributed by atoms with E-state index in [2.05, 4.69) is 38.1 Å². The van der Waals surface area contributed by atoms with E-state index in [1.807, 2.05) is 0 Å². The van der Waals surface area contributed by atoms with Gasteiger partial charge in [-0.25, -0.2) is 0 Å². The predicted octanol–water partition coefficient (Wildman–Crippen LogP) is 3.10. The van der Waals surface area contributed by atoms with Gasteiger partial charge in [-0.3, -0.25) is 0 Å². The van der Waals surface area contributed by atoms with E-state index < -0.39 is 20.0 Å². The molecule has 0 unspecified atom stereocenters. The molecular formula is C17H11BrF3N3OSSe. The normalized spacial score (nSPS) is 11.3. The van der Waals surface area contributed by atoms with Crippen molar-refractivity contribution in [2.75, 3.05) is 6.54 Å². The van der Waals surface area contributed by atoms with Crippen LogP contribution in [-0.4, -0.2) is 41.9 Å². The quantitative estimate of drug-likeness (QED) is 0.426. The zero-order chi connectivity index (χ0) is 19.6. The van der Waals surface area contributed by atoms with Crippen LogP contribution in [0.3, 0.4) is 0 Å². The average molecular weight is 521 g/mol. The number of pyridine rings is 1. The summed E-state index contributed by atoms with van der Waals surface area (Å²) in [4.78, 5) is 16.4. The molecule has 0 saturated carbocycles. The number of halogens is 4. The number of amides is 1. The zero-order valence-electron chi connectivity index (χ0n) is 13.7. The number of nitrogens with one attached hydrogen (secondary N) is 1. The Hall–Kier alpha value is -1.79. The van der Waals surface area contributed by atoms with Crippen molar-refractivity contribution in [2.24, 2.45) is 0 Å². The van der Waals surface area contributed by atoms with E-state index in [1.54, 1.807) is 31.3 Å². The summed E-state index contributed by atoms with van der Waals surface area (Å²) in [6, 6.07) is 5.05. The molecular weight excluding hydrogens is 510 g/mol. The van der Waals surface area contributed by atoms with Crippen LogP contribution in [0, 0.1) is 18.8 Å². The first-order valence-corrected chi connectivity index (χ1v) is 10.8. The number of aryl methyl sites for hydroxylation is 1. The van der Waals surface area contributed by atoms with E-state index >= 15 is 0 Å². The summed E-state index contributed by atoms with van der Waals surface area (Å²) in [7, 11) is 0. The Morgan fingerprint density at radius 1 is 1.48 bits per heavy atom. The summed E-state index contributed by atoms with van der Waals surface area (Å²) in [5, 5.41) is -0.899. The molecule has 3 rings (SSSR count). The van der Waals surface area contributed by atoms with Crippen molar-refractivity contribution in [1.82, 2.24) is 14.7 Å². The Bertz CT molecular complexity index is 1060. The van der Waals surface area contributed by atoms with Crippen LogP contribution in [0.2, 0.25) is 0 Å². The van der Waals surface area contributed by atoms with Gasteiger partial charge in [0.1, 0.15) is 0 Å². The van der Waals surface area contributed by atoms with Crippen LogP contribution in [0.4, 0.5) is 13.2 Å². The molecule has 0 aliphatic rings. The zero-order valence-corrected chi connectivity index (χ0v) is 17.8. The van der Waals surface area contributed by atoms with Gasteiger partial charge in [0.15, 0.2) is 0 Å². The maximum absolute atomic E-state index is 13.0. The third kappa shape index (κ3) is 4.93. The Morgan fingerprint density at radius 2 is 2.26 bits per heavy atom. The first-order chi connectivity index (χ1) is 12.7. The van der Waals surface area contributed by atoms with E-state index in [4.69, 9.17) is 0 Å². The van der Waals surface area contributed by atoms with Gasteiger partial charge in [0.25, 0.3) is 0 Å². The van der Waals surface area contributed by atoms with Gasteiger partial charge < -0.3 is 0 Å². The summed E-state index contributed by atoms with van der Waals surface area (Å²) < 4.78 is 41.3. The number of carbonyl (C=O) groups is 1. The van der Waals surface area contributed by atoms with Crippen molar-refractivity contribution in [3.05, 3.63) is 50.5 Å². The number of nitrogens with zero attached hydrogens (tertiary/aromatic N) is 2. The van der Waals surface area contributed by atoms with Gasteiger partial charge in [0, 0.05) is 0 Å². The number of hydrogen-bond donors (Lipinski definition) is 1. The van der Waals surface area contributed by atoms with Gasteiger partial charge >= 0.3 is 172 Å². The summed E-state index contributed by atoms with van der Waals surface area (Å²) in [5.74, 6) is 5.19. The molecule has 10 heteroatoms. The Balaban J connectivity index is 1.82. The first-order valence-electron chi connectivity index (χ1n) is 7.49. The second-order valence-corrected chi connectivity index (χ2v) is 9.55. The van der Waals surface area contributed by atoms with Crippen molar-refractivity contribution in [3.63, 3.8) is 0 Å². The molecule has 0 bridgehead atoms. The second-order valence-electron chi connectivity index (χ2n) is 5.25. The molecule has 4 nitrogen and oxygen atoms in total. The van der Waals surface area contributed by atoms with Crippen molar-refractivity contribution in [2.45, 2.75) is 12.0 Å². The molecule has 0 aromatic carbocycles. The van der Waals surface area contributed by atoms with Crippen LogP contribution in [-0.2, 0) is 0 Å². The van der Waals surface area contributed by atoms with Crippen LogP contribution in [0.15, 0.2) is 35.1 Å². The van der Waals surface area contributed by atoms with E-state index in [-0.39, 0.29) is 17.0 Å². The Kier molecular flexibility index (Phi) is 5.96. The monoisotopic (exact) mass is 521 g/mol. The fraction of sp³-hybridized carbons (Fsp3) is 0.176. The second kappa shape index (κ2) is 8.07. The molecule has 3 heterocycles. The number of carbonyl (C=O) groups excluding carboxylic acids is 1. The predicted molar refractivity (Wildman–Crippen MR) is 103 cm³/mol. The summed E-state index contributed by atoms with van der Waals surface area (Å²) in [6.45, 7) is 1.82. The average Bonchev–Trinajstić information content (AvgIpc) is 3.16. The summed E-state index contributed by atoms with van der Waals surface area (Å²) in [5.41, 5.74) is 0.925. The first kappa shape index (κ1) is 20.0. The Labute approximate surface area is 171 Å². The SMILES string of the molecule is Cc1ncc(C(=O)NCC#Cc2cc3c(Br)cccn3c2[Se]C(F)(F)F)s1. The number of rotatable bonds is 3. The van der Waals surface area contributed by atoms with Gasteiger partial charge in [0.2, 0.25) is 0 Å². The number of hydrogen-bond acceptors (Lipinski definition) is 3. The molecule has 0 spiro atoms. The topological polar surface area (TPSA) is 46.4 Å². The standard InChI is InChI=1S/C17H11BrF3N3OSSe/c1-10-23-9-14(26-10)15(25)22-6-2-4-11-8-13-12(18)5-3-7-24(13)16(11)27-17(19,20)21/h3,5,7-9H,6H2,1H3,(H,22,25). The van der Waals surface area contributed by atoms with Crippen LogP contribution in [0.1, 0.15) is 20.2 Å². The van der Waals surface area contributed by atoms with E-state index in [0.717, 1.165) is 5.01 Å². The van der Waals surface area contributed by atoms with Crippen LogP contribution < -0.4 is 9.91 Å². The fourth-order valence-corrected chi connectivity index (χ4v) is 4.87. The minimum absolute atomic E-state index is 0.0294. The van der Waals surface area contributed by atoms with Crippen molar-refractivity contribution < 1.29 is 18.0 Å². The minimum atomic E-state index is -4.29. The molecule has 140 valence electrons. The van der Waals surface area contributed by atoms with Gasteiger partial charge in [0.05, 0.1) is 0 Å². The molecule has 0 fully saturated rings. The maximum atomic E-state index is 13.0. The number of thiazole rings is 1. The van der Waals surface area contributed by atoms with E-state index in [0.29, 0.717) is 20.4 Å². The molecule has 0 aliphatic heterocycles. The van der Waals surface area contributed by atoms with Gasteiger partial charge in [-0.1, -0.05) is 0 Å².